The lowest BCUT2D eigenvalue weighted by molar-refractivity contribution is -0.896. The monoisotopic (exact) mass is 412 g/mol. The van der Waals surface area contributed by atoms with E-state index in [-0.39, 0.29) is 23.5 Å². The summed E-state index contributed by atoms with van der Waals surface area (Å²) >= 11 is 0. The Labute approximate surface area is 167 Å². The van der Waals surface area contributed by atoms with E-state index in [0.717, 1.165) is 4.90 Å². The van der Waals surface area contributed by atoms with Gasteiger partial charge in [0, 0.05) is 13.1 Å². The molecule has 1 aromatic carbocycles. The number of piperazine rings is 1. The Bertz CT molecular complexity index is 784. The van der Waals surface area contributed by atoms with Gasteiger partial charge in [-0.25, -0.2) is 13.2 Å². The topological polar surface area (TPSA) is 88.4 Å². The lowest BCUT2D eigenvalue weighted by Gasteiger charge is -2.32. The fourth-order valence-corrected chi connectivity index (χ4v) is 4.41. The highest BCUT2D eigenvalue weighted by Crippen LogP contribution is 2.17. The molecule has 2 rings (SSSR count). The first kappa shape index (κ1) is 22.3. The smallest absolute Gasteiger partial charge is 0.338 e. The highest BCUT2D eigenvalue weighted by molar-refractivity contribution is 7.89. The Morgan fingerprint density at radius 3 is 2.25 bits per heavy atom. The van der Waals surface area contributed by atoms with Gasteiger partial charge >= 0.3 is 5.97 Å². The van der Waals surface area contributed by atoms with Crippen LogP contribution < -0.4 is 4.90 Å². The van der Waals surface area contributed by atoms with Crippen molar-refractivity contribution < 1.29 is 27.6 Å². The van der Waals surface area contributed by atoms with Crippen LogP contribution in [0.1, 0.15) is 31.1 Å². The molecule has 1 aliphatic heterocycles. The van der Waals surface area contributed by atoms with Crippen molar-refractivity contribution in [3.8, 4) is 0 Å². The molecule has 1 N–H and O–H groups in total. The first-order chi connectivity index (χ1) is 13.2. The Balaban J connectivity index is 1.97. The molecule has 156 valence electrons. The van der Waals surface area contributed by atoms with E-state index in [2.05, 4.69) is 0 Å². The predicted octanol–water partition coefficient (Wildman–Crippen LogP) is -0.381. The molecule has 0 bridgehead atoms. The summed E-state index contributed by atoms with van der Waals surface area (Å²) in [5, 5.41) is 0. The molecule has 0 aromatic heterocycles. The van der Waals surface area contributed by atoms with Crippen molar-refractivity contribution >= 4 is 21.9 Å². The molecule has 1 aliphatic rings. The van der Waals surface area contributed by atoms with Crippen LogP contribution in [0.3, 0.4) is 0 Å². The van der Waals surface area contributed by atoms with Gasteiger partial charge in [-0.3, -0.25) is 4.79 Å². The van der Waals surface area contributed by atoms with E-state index < -0.39 is 16.0 Å². The van der Waals surface area contributed by atoms with Crippen LogP contribution >= 0.6 is 0 Å². The van der Waals surface area contributed by atoms with Crippen LogP contribution in [0.2, 0.25) is 0 Å². The number of benzene rings is 1. The third-order valence-corrected chi connectivity index (χ3v) is 6.91. The minimum atomic E-state index is -3.63. The number of sulfonamides is 1. The maximum Gasteiger partial charge on any atom is 0.338 e. The molecular weight excluding hydrogens is 382 g/mol. The molecule has 0 spiro atoms. The second kappa shape index (κ2) is 9.49. The van der Waals surface area contributed by atoms with Gasteiger partial charge in [0.25, 0.3) is 5.91 Å². The number of hydrogen-bond donors (Lipinski definition) is 1. The van der Waals surface area contributed by atoms with Crippen molar-refractivity contribution in [2.45, 2.75) is 31.7 Å². The van der Waals surface area contributed by atoms with Gasteiger partial charge in [0.2, 0.25) is 10.0 Å². The van der Waals surface area contributed by atoms with Crippen LogP contribution in [-0.4, -0.2) is 81.9 Å². The minimum absolute atomic E-state index is 0.0656. The average molecular weight is 413 g/mol. The summed E-state index contributed by atoms with van der Waals surface area (Å²) in [7, 11) is -1.84. The molecule has 1 heterocycles. The molecule has 9 heteroatoms. The van der Waals surface area contributed by atoms with Crippen molar-refractivity contribution in [2.24, 2.45) is 0 Å². The highest BCUT2D eigenvalue weighted by Gasteiger charge is 2.31. The zero-order chi connectivity index (χ0) is 20.9. The number of hydrogen-bond acceptors (Lipinski definition) is 5. The van der Waals surface area contributed by atoms with Gasteiger partial charge in [-0.15, -0.1) is 0 Å². The van der Waals surface area contributed by atoms with E-state index in [0.29, 0.717) is 38.3 Å². The summed E-state index contributed by atoms with van der Waals surface area (Å²) < 4.78 is 32.0. The summed E-state index contributed by atoms with van der Waals surface area (Å²) in [6, 6.07) is 5.94. The summed E-state index contributed by atoms with van der Waals surface area (Å²) in [6.07, 6.45) is 0. The van der Waals surface area contributed by atoms with Crippen molar-refractivity contribution in [3.05, 3.63) is 29.8 Å². The van der Waals surface area contributed by atoms with E-state index >= 15 is 0 Å². The minimum Gasteiger partial charge on any atom is -0.462 e. The number of nitrogens with one attached hydrogen (secondary N) is 1. The number of rotatable bonds is 7. The van der Waals surface area contributed by atoms with Gasteiger partial charge in [-0.05, 0) is 45.0 Å². The lowest BCUT2D eigenvalue weighted by atomic mass is 10.2. The maximum atomic E-state index is 12.8. The Kier molecular flexibility index (Phi) is 7.56. The fraction of sp³-hybridized carbons (Fsp3) is 0.579. The van der Waals surface area contributed by atoms with E-state index in [9.17, 15) is 18.0 Å². The summed E-state index contributed by atoms with van der Waals surface area (Å²) in [5.74, 6) is -0.407. The number of nitrogens with zero attached hydrogens (tertiary/aromatic N) is 2. The van der Waals surface area contributed by atoms with E-state index in [1.807, 2.05) is 13.8 Å². The zero-order valence-electron chi connectivity index (χ0n) is 17.0. The lowest BCUT2D eigenvalue weighted by Crippen LogP contribution is -3.15. The summed E-state index contributed by atoms with van der Waals surface area (Å²) in [5.41, 5.74) is 0.322. The van der Waals surface area contributed by atoms with Gasteiger partial charge < -0.3 is 14.5 Å². The van der Waals surface area contributed by atoms with E-state index in [1.165, 1.54) is 28.6 Å². The molecule has 1 amide bonds. The van der Waals surface area contributed by atoms with Crippen LogP contribution in [-0.2, 0) is 19.6 Å². The van der Waals surface area contributed by atoms with Crippen molar-refractivity contribution in [2.75, 3.05) is 46.4 Å². The molecule has 1 saturated heterocycles. The molecule has 1 aromatic rings. The van der Waals surface area contributed by atoms with Crippen LogP contribution in [0, 0.1) is 0 Å². The number of carbonyl (C=O) groups is 2. The van der Waals surface area contributed by atoms with E-state index in [1.54, 1.807) is 18.9 Å². The number of quaternary nitrogens is 1. The number of ether oxygens (including phenoxy) is 1. The molecule has 0 aliphatic carbocycles. The average Bonchev–Trinajstić information content (AvgIpc) is 2.68. The number of amides is 1. The molecule has 0 saturated carbocycles. The quantitative estimate of drug-likeness (QED) is 0.617. The fourth-order valence-electron chi connectivity index (χ4n) is 2.97. The van der Waals surface area contributed by atoms with Crippen LogP contribution in [0.5, 0.6) is 0 Å². The van der Waals surface area contributed by atoms with Gasteiger partial charge in [0.15, 0.2) is 6.54 Å². The first-order valence-corrected chi connectivity index (χ1v) is 11.0. The van der Waals surface area contributed by atoms with E-state index in [4.69, 9.17) is 4.74 Å². The summed E-state index contributed by atoms with van der Waals surface area (Å²) in [6.45, 7) is 8.15. The number of esters is 1. The van der Waals surface area contributed by atoms with Crippen molar-refractivity contribution in [3.63, 3.8) is 0 Å². The molecule has 8 nitrogen and oxygen atoms in total. The predicted molar refractivity (Wildman–Crippen MR) is 105 cm³/mol. The molecule has 0 atom stereocenters. The largest absolute Gasteiger partial charge is 0.462 e. The van der Waals surface area contributed by atoms with Gasteiger partial charge in [-0.2, -0.15) is 4.31 Å². The molecule has 1 fully saturated rings. The molecule has 28 heavy (non-hydrogen) atoms. The molecule has 0 radical (unpaired) electrons. The number of carbonyl (C=O) groups excluding carboxylic acids is 2. The van der Waals surface area contributed by atoms with Gasteiger partial charge in [0.1, 0.15) is 0 Å². The Morgan fingerprint density at radius 2 is 1.75 bits per heavy atom. The van der Waals surface area contributed by atoms with Crippen molar-refractivity contribution in [1.82, 2.24) is 9.21 Å². The standard InChI is InChI=1S/C19H29N3O5S/c1-5-27-19(24)16-6-8-17(9-7-16)28(25,26)22-12-10-21(11-13-22)14-18(23)20(4)15(2)3/h6-9,15H,5,10-14H2,1-4H3/p+1. The van der Waals surface area contributed by atoms with Gasteiger partial charge in [-0.1, -0.05) is 0 Å². The normalized spacial score (nSPS) is 16.2. The Hall–Kier alpha value is -1.97. The third kappa shape index (κ3) is 5.30. The second-order valence-corrected chi connectivity index (χ2v) is 9.11. The van der Waals surface area contributed by atoms with Gasteiger partial charge in [0.05, 0.1) is 43.2 Å². The zero-order valence-corrected chi connectivity index (χ0v) is 17.8. The molecule has 0 unspecified atom stereocenters. The first-order valence-electron chi connectivity index (χ1n) is 9.53. The van der Waals surface area contributed by atoms with Crippen LogP contribution in [0.25, 0.3) is 0 Å². The van der Waals surface area contributed by atoms with Crippen LogP contribution in [0.4, 0.5) is 0 Å². The molecular formula is C19H30N3O5S+. The summed E-state index contributed by atoms with van der Waals surface area (Å²) in [4.78, 5) is 26.9. The number of likely N-dealkylation sites (N-methyl/N-ethyl adjacent to an activating group) is 1. The Morgan fingerprint density at radius 1 is 1.18 bits per heavy atom. The highest BCUT2D eigenvalue weighted by atomic mass is 32.2. The SMILES string of the molecule is CCOC(=O)c1ccc(S(=O)(=O)N2CC[NH+](CC(=O)N(C)C(C)C)CC2)cc1. The second-order valence-electron chi connectivity index (χ2n) is 7.17. The van der Waals surface area contributed by atoms with Crippen molar-refractivity contribution in [1.29, 1.82) is 0 Å². The maximum absolute atomic E-state index is 12.8. The third-order valence-electron chi connectivity index (χ3n) is 5.00. The van der Waals surface area contributed by atoms with Crippen LogP contribution in [0.15, 0.2) is 29.2 Å².